The fourth-order valence-corrected chi connectivity index (χ4v) is 4.74. The van der Waals surface area contributed by atoms with Gasteiger partial charge in [-0.1, -0.05) is 41.0 Å². The van der Waals surface area contributed by atoms with Gasteiger partial charge in [-0.15, -0.1) is 11.3 Å². The second kappa shape index (κ2) is 10.1. The van der Waals surface area contributed by atoms with Gasteiger partial charge in [0.2, 0.25) is 0 Å². The monoisotopic (exact) mass is 497 g/mol. The molecular formula is C19H13Cl2N3O5S2. The minimum Gasteiger partial charge on any atom is -0.452 e. The van der Waals surface area contributed by atoms with Gasteiger partial charge in [-0.05, 0) is 25.1 Å². The van der Waals surface area contributed by atoms with E-state index in [1.165, 1.54) is 35.2 Å². The topological polar surface area (TPSA) is 111 Å². The Morgan fingerprint density at radius 3 is 2.58 bits per heavy atom. The smallest absolute Gasteiger partial charge is 0.340 e. The highest BCUT2D eigenvalue weighted by Gasteiger charge is 2.21. The van der Waals surface area contributed by atoms with Crippen LogP contribution >= 0.6 is 46.3 Å². The van der Waals surface area contributed by atoms with Crippen molar-refractivity contribution in [1.82, 2.24) is 4.98 Å². The van der Waals surface area contributed by atoms with Crippen molar-refractivity contribution >= 4 is 69.6 Å². The van der Waals surface area contributed by atoms with Crippen molar-refractivity contribution in [3.8, 4) is 0 Å². The molecule has 8 nitrogen and oxygen atoms in total. The number of esters is 1. The summed E-state index contributed by atoms with van der Waals surface area (Å²) in [4.78, 5) is 40.0. The number of ether oxygens (including phenoxy) is 1. The van der Waals surface area contributed by atoms with Gasteiger partial charge >= 0.3 is 5.97 Å². The number of nitrogens with one attached hydrogen (secondary N) is 1. The number of anilines is 1. The normalized spacial score (nSPS) is 10.5. The van der Waals surface area contributed by atoms with Gasteiger partial charge in [0, 0.05) is 28.1 Å². The number of para-hydroxylation sites is 1. The van der Waals surface area contributed by atoms with Gasteiger partial charge in [0.05, 0.1) is 26.2 Å². The van der Waals surface area contributed by atoms with Gasteiger partial charge < -0.3 is 10.1 Å². The van der Waals surface area contributed by atoms with Crippen LogP contribution in [0.5, 0.6) is 0 Å². The Morgan fingerprint density at radius 2 is 1.97 bits per heavy atom. The molecule has 3 aromatic rings. The molecule has 0 bridgehead atoms. The molecule has 1 amide bonds. The number of amides is 1. The van der Waals surface area contributed by atoms with Gasteiger partial charge in [0.15, 0.2) is 10.9 Å². The lowest BCUT2D eigenvalue weighted by Crippen LogP contribution is -2.21. The first-order valence-corrected chi connectivity index (χ1v) is 11.0. The predicted molar refractivity (Wildman–Crippen MR) is 119 cm³/mol. The fraction of sp³-hybridized carbons (Fsp3) is 0.105. The molecule has 0 atom stereocenters. The van der Waals surface area contributed by atoms with E-state index >= 15 is 0 Å². The van der Waals surface area contributed by atoms with Crippen molar-refractivity contribution in [2.24, 2.45) is 0 Å². The first-order valence-electron chi connectivity index (χ1n) is 8.54. The molecule has 12 heteroatoms. The van der Waals surface area contributed by atoms with Crippen LogP contribution in [0.4, 0.5) is 11.4 Å². The van der Waals surface area contributed by atoms with E-state index in [9.17, 15) is 19.7 Å². The van der Waals surface area contributed by atoms with Gasteiger partial charge in [-0.2, -0.15) is 0 Å². The van der Waals surface area contributed by atoms with Crippen molar-refractivity contribution in [3.63, 3.8) is 0 Å². The molecule has 2 aromatic carbocycles. The third kappa shape index (κ3) is 5.95. The lowest BCUT2D eigenvalue weighted by Gasteiger charge is -2.11. The van der Waals surface area contributed by atoms with Crippen LogP contribution < -0.4 is 5.32 Å². The van der Waals surface area contributed by atoms with E-state index in [-0.39, 0.29) is 27.0 Å². The van der Waals surface area contributed by atoms with Gasteiger partial charge in [0.1, 0.15) is 0 Å². The Morgan fingerprint density at radius 1 is 1.26 bits per heavy atom. The van der Waals surface area contributed by atoms with E-state index in [1.54, 1.807) is 18.2 Å². The maximum atomic E-state index is 12.6. The summed E-state index contributed by atoms with van der Waals surface area (Å²) in [7, 11) is 0. The number of nitro benzene ring substituents is 1. The second-order valence-electron chi connectivity index (χ2n) is 6.02. The number of carbonyl (C=O) groups excluding carboxylic acids is 2. The van der Waals surface area contributed by atoms with Crippen LogP contribution in [0, 0.1) is 17.0 Å². The van der Waals surface area contributed by atoms with E-state index in [2.05, 4.69) is 10.3 Å². The Labute approximate surface area is 194 Å². The first kappa shape index (κ1) is 23.0. The van der Waals surface area contributed by atoms with Gasteiger partial charge in [-0.25, -0.2) is 9.78 Å². The molecule has 0 saturated heterocycles. The Kier molecular flexibility index (Phi) is 7.50. The highest BCUT2D eigenvalue weighted by Crippen LogP contribution is 2.35. The molecule has 3 rings (SSSR count). The van der Waals surface area contributed by atoms with Crippen LogP contribution in [0.3, 0.4) is 0 Å². The number of rotatable bonds is 7. The maximum absolute atomic E-state index is 12.6. The first-order chi connectivity index (χ1) is 14.7. The summed E-state index contributed by atoms with van der Waals surface area (Å²) in [6.45, 7) is 1.19. The highest BCUT2D eigenvalue weighted by molar-refractivity contribution is 8.01. The highest BCUT2D eigenvalue weighted by atomic mass is 35.5. The molecular weight excluding hydrogens is 485 g/mol. The van der Waals surface area contributed by atoms with Gasteiger partial charge in [-0.3, -0.25) is 14.9 Å². The van der Waals surface area contributed by atoms with Crippen LogP contribution in [0.1, 0.15) is 16.1 Å². The molecule has 0 aliphatic carbocycles. The van der Waals surface area contributed by atoms with Crippen molar-refractivity contribution in [2.45, 2.75) is 16.2 Å². The number of aromatic nitrogens is 1. The molecule has 1 aromatic heterocycles. The van der Waals surface area contributed by atoms with E-state index in [0.717, 1.165) is 11.8 Å². The molecule has 0 saturated carbocycles. The average molecular weight is 498 g/mol. The second-order valence-corrected chi connectivity index (χ2v) is 8.98. The number of aryl methyl sites for hydroxylation is 1. The number of hydrogen-bond donors (Lipinski definition) is 1. The molecule has 160 valence electrons. The number of benzene rings is 2. The molecule has 1 heterocycles. The zero-order valence-electron chi connectivity index (χ0n) is 15.8. The van der Waals surface area contributed by atoms with Crippen LogP contribution in [0.15, 0.2) is 51.0 Å². The van der Waals surface area contributed by atoms with Crippen LogP contribution in [-0.2, 0) is 9.53 Å². The number of nitrogens with zero attached hydrogens (tertiary/aromatic N) is 2. The number of thiazole rings is 1. The zero-order chi connectivity index (χ0) is 22.5. The molecule has 0 spiro atoms. The number of halogens is 2. The fourth-order valence-electron chi connectivity index (χ4n) is 2.35. The van der Waals surface area contributed by atoms with Gasteiger partial charge in [0.25, 0.3) is 11.6 Å². The minimum atomic E-state index is -0.889. The lowest BCUT2D eigenvalue weighted by molar-refractivity contribution is -0.384. The van der Waals surface area contributed by atoms with Crippen molar-refractivity contribution in [1.29, 1.82) is 0 Å². The summed E-state index contributed by atoms with van der Waals surface area (Å²) < 4.78 is 5.73. The van der Waals surface area contributed by atoms with E-state index < -0.39 is 23.4 Å². The molecule has 0 aliphatic rings. The molecule has 0 unspecified atom stereocenters. The molecule has 0 aliphatic heterocycles. The van der Waals surface area contributed by atoms with E-state index in [4.69, 9.17) is 27.9 Å². The number of nitro groups is 1. The molecule has 31 heavy (non-hydrogen) atoms. The quantitative estimate of drug-likeness (QED) is 0.256. The molecule has 0 radical (unpaired) electrons. The number of non-ortho nitro benzene ring substituents is 1. The SMILES string of the molecule is Cc1csc(Sc2ccc([N+](=O)[O-])cc2C(=O)OCC(=O)Nc2c(Cl)cccc2Cl)n1. The minimum absolute atomic E-state index is 0.0457. The summed E-state index contributed by atoms with van der Waals surface area (Å²) in [5.41, 5.74) is 0.681. The summed E-state index contributed by atoms with van der Waals surface area (Å²) in [5.74, 6) is -1.56. The number of carbonyl (C=O) groups is 2. The van der Waals surface area contributed by atoms with E-state index in [0.29, 0.717) is 9.24 Å². The standard InChI is InChI=1S/C19H13Cl2N3O5S2/c1-10-9-30-19(22-10)31-15-6-5-11(24(27)28)7-12(15)18(26)29-8-16(25)23-17-13(20)3-2-4-14(17)21/h2-7,9H,8H2,1H3,(H,23,25). The summed E-state index contributed by atoms with van der Waals surface area (Å²) in [5, 5.41) is 15.9. The summed E-state index contributed by atoms with van der Waals surface area (Å²) >= 11 is 14.5. The third-order valence-corrected chi connectivity index (χ3v) is 6.51. The molecule has 0 fully saturated rings. The summed E-state index contributed by atoms with van der Waals surface area (Å²) in [6.07, 6.45) is 0. The largest absolute Gasteiger partial charge is 0.452 e. The zero-order valence-corrected chi connectivity index (χ0v) is 18.9. The number of hydrogen-bond acceptors (Lipinski definition) is 8. The van der Waals surface area contributed by atoms with E-state index in [1.807, 2.05) is 12.3 Å². The van der Waals surface area contributed by atoms with Crippen molar-refractivity contribution in [2.75, 3.05) is 11.9 Å². The van der Waals surface area contributed by atoms with Crippen LogP contribution in [0.2, 0.25) is 10.0 Å². The van der Waals surface area contributed by atoms with Crippen molar-refractivity contribution < 1.29 is 19.2 Å². The summed E-state index contributed by atoms with van der Waals surface area (Å²) in [6, 6.07) is 8.54. The Balaban J connectivity index is 1.75. The maximum Gasteiger partial charge on any atom is 0.340 e. The van der Waals surface area contributed by atoms with Crippen LogP contribution in [0.25, 0.3) is 0 Å². The van der Waals surface area contributed by atoms with Crippen LogP contribution in [-0.4, -0.2) is 28.4 Å². The Bertz CT molecular complexity index is 1150. The lowest BCUT2D eigenvalue weighted by atomic mass is 10.2. The van der Waals surface area contributed by atoms with Crippen molar-refractivity contribution in [3.05, 3.63) is 73.2 Å². The molecule has 1 N–H and O–H groups in total. The predicted octanol–water partition coefficient (Wildman–Crippen LogP) is 5.61. The third-order valence-electron chi connectivity index (χ3n) is 3.75. The Hall–Kier alpha value is -2.66. The average Bonchev–Trinajstić information content (AvgIpc) is 3.13.